The Morgan fingerprint density at radius 1 is 1.30 bits per heavy atom. The number of rotatable bonds is 3. The second-order valence-corrected chi connectivity index (χ2v) is 5.47. The molecule has 2 aromatic heterocycles. The Morgan fingerprint density at radius 2 is 2.05 bits per heavy atom. The van der Waals surface area contributed by atoms with Gasteiger partial charge in [-0.05, 0) is 52.2 Å². The molecule has 3 rings (SSSR count). The molecule has 0 aliphatic rings. The number of pyridine rings is 1. The first kappa shape index (κ1) is 12.9. The van der Waals surface area contributed by atoms with Gasteiger partial charge >= 0.3 is 5.69 Å². The summed E-state index contributed by atoms with van der Waals surface area (Å²) in [6, 6.07) is 5.77. The maximum absolute atomic E-state index is 11.3. The fourth-order valence-electron chi connectivity index (χ4n) is 2.06. The van der Waals surface area contributed by atoms with Crippen molar-refractivity contribution in [3.05, 3.63) is 56.7 Å². The van der Waals surface area contributed by atoms with Gasteiger partial charge in [-0.1, -0.05) is 0 Å². The molecule has 0 saturated carbocycles. The van der Waals surface area contributed by atoms with Crippen molar-refractivity contribution in [3.8, 4) is 0 Å². The van der Waals surface area contributed by atoms with Gasteiger partial charge in [0, 0.05) is 23.4 Å². The van der Waals surface area contributed by atoms with E-state index in [4.69, 9.17) is 0 Å². The Kier molecular flexibility index (Phi) is 3.31. The van der Waals surface area contributed by atoms with Crippen molar-refractivity contribution in [2.45, 2.75) is 13.5 Å². The van der Waals surface area contributed by atoms with E-state index in [0.717, 1.165) is 26.8 Å². The molecule has 5 nitrogen and oxygen atoms in total. The van der Waals surface area contributed by atoms with Crippen LogP contribution in [-0.4, -0.2) is 15.0 Å². The highest BCUT2D eigenvalue weighted by molar-refractivity contribution is 9.10. The van der Waals surface area contributed by atoms with E-state index in [0.29, 0.717) is 6.54 Å². The van der Waals surface area contributed by atoms with E-state index in [2.05, 4.69) is 43.1 Å². The van der Waals surface area contributed by atoms with Crippen LogP contribution < -0.4 is 11.0 Å². The number of hydrogen-bond acceptors (Lipinski definition) is 3. The van der Waals surface area contributed by atoms with E-state index in [-0.39, 0.29) is 5.69 Å². The second kappa shape index (κ2) is 5.13. The molecular formula is C14H13BrN4O. The van der Waals surface area contributed by atoms with Crippen molar-refractivity contribution in [3.63, 3.8) is 0 Å². The third-order valence-corrected chi connectivity index (χ3v) is 3.88. The van der Waals surface area contributed by atoms with Crippen molar-refractivity contribution in [2.75, 3.05) is 5.32 Å². The van der Waals surface area contributed by atoms with Gasteiger partial charge in [0.05, 0.1) is 16.7 Å². The third-order valence-electron chi connectivity index (χ3n) is 3.22. The highest BCUT2D eigenvalue weighted by atomic mass is 79.9. The summed E-state index contributed by atoms with van der Waals surface area (Å²) in [5.74, 6) is 0. The highest BCUT2D eigenvalue weighted by Gasteiger charge is 2.06. The van der Waals surface area contributed by atoms with Crippen LogP contribution in [0.4, 0.5) is 5.69 Å². The Balaban J connectivity index is 1.89. The smallest absolute Gasteiger partial charge is 0.323 e. The first-order valence-electron chi connectivity index (χ1n) is 6.18. The van der Waals surface area contributed by atoms with Gasteiger partial charge in [0.2, 0.25) is 0 Å². The molecule has 0 bridgehead atoms. The summed E-state index contributed by atoms with van der Waals surface area (Å²) in [4.78, 5) is 20.9. The SMILES string of the molecule is Cc1ccncc1CNc1cc2[nH]c(=O)[nH]c2cc1Br. The third kappa shape index (κ3) is 2.46. The van der Waals surface area contributed by atoms with Crippen molar-refractivity contribution in [1.29, 1.82) is 0 Å². The van der Waals surface area contributed by atoms with Crippen LogP contribution in [0.1, 0.15) is 11.1 Å². The lowest BCUT2D eigenvalue weighted by molar-refractivity contribution is 1.08. The van der Waals surface area contributed by atoms with Crippen LogP contribution in [0.3, 0.4) is 0 Å². The van der Waals surface area contributed by atoms with Gasteiger partial charge < -0.3 is 15.3 Å². The quantitative estimate of drug-likeness (QED) is 0.690. The zero-order valence-corrected chi connectivity index (χ0v) is 12.4. The number of imidazole rings is 1. The van der Waals surface area contributed by atoms with E-state index < -0.39 is 0 Å². The van der Waals surface area contributed by atoms with Crippen LogP contribution in [0.5, 0.6) is 0 Å². The maximum atomic E-state index is 11.3. The molecular weight excluding hydrogens is 320 g/mol. The molecule has 0 aliphatic heterocycles. The number of aromatic amines is 2. The summed E-state index contributed by atoms with van der Waals surface area (Å²) >= 11 is 3.50. The molecule has 2 heterocycles. The molecule has 102 valence electrons. The first-order valence-corrected chi connectivity index (χ1v) is 6.97. The summed E-state index contributed by atoms with van der Waals surface area (Å²) in [5, 5.41) is 3.35. The van der Waals surface area contributed by atoms with E-state index in [9.17, 15) is 4.79 Å². The minimum atomic E-state index is -0.202. The number of aryl methyl sites for hydroxylation is 1. The zero-order valence-electron chi connectivity index (χ0n) is 10.8. The minimum absolute atomic E-state index is 0.202. The van der Waals surface area contributed by atoms with E-state index in [1.54, 1.807) is 6.20 Å². The van der Waals surface area contributed by atoms with E-state index >= 15 is 0 Å². The molecule has 6 heteroatoms. The number of H-pyrrole nitrogens is 2. The molecule has 1 aromatic carbocycles. The number of nitrogens with one attached hydrogen (secondary N) is 3. The minimum Gasteiger partial charge on any atom is -0.380 e. The number of benzene rings is 1. The average molecular weight is 333 g/mol. The molecule has 20 heavy (non-hydrogen) atoms. The Labute approximate surface area is 123 Å². The summed E-state index contributed by atoms with van der Waals surface area (Å²) in [5.41, 5.74) is 4.62. The van der Waals surface area contributed by atoms with Gasteiger partial charge in [0.15, 0.2) is 0 Å². The van der Waals surface area contributed by atoms with Crippen molar-refractivity contribution < 1.29 is 0 Å². The number of nitrogens with zero attached hydrogens (tertiary/aromatic N) is 1. The standard InChI is InChI=1S/C14H13BrN4O/c1-8-2-3-16-6-9(8)7-17-11-5-13-12(4-10(11)15)18-14(20)19-13/h2-6,17H,7H2,1H3,(H2,18,19,20). The summed E-state index contributed by atoms with van der Waals surface area (Å²) < 4.78 is 0.904. The summed E-state index contributed by atoms with van der Waals surface area (Å²) in [7, 11) is 0. The highest BCUT2D eigenvalue weighted by Crippen LogP contribution is 2.26. The Morgan fingerprint density at radius 3 is 2.80 bits per heavy atom. The van der Waals surface area contributed by atoms with Crippen molar-refractivity contribution in [1.82, 2.24) is 15.0 Å². The van der Waals surface area contributed by atoms with Gasteiger partial charge in [-0.15, -0.1) is 0 Å². The van der Waals surface area contributed by atoms with Crippen LogP contribution in [0.15, 0.2) is 39.9 Å². The molecule has 0 atom stereocenters. The summed E-state index contributed by atoms with van der Waals surface area (Å²) in [6.07, 6.45) is 3.64. The predicted octanol–water partition coefficient (Wildman–Crippen LogP) is 2.93. The van der Waals surface area contributed by atoms with Gasteiger partial charge in [0.25, 0.3) is 0 Å². The maximum Gasteiger partial charge on any atom is 0.323 e. The van der Waals surface area contributed by atoms with Crippen LogP contribution in [0, 0.1) is 6.92 Å². The first-order chi connectivity index (χ1) is 9.63. The molecule has 0 unspecified atom stereocenters. The molecule has 0 aliphatic carbocycles. The van der Waals surface area contributed by atoms with Gasteiger partial charge in [-0.25, -0.2) is 4.79 Å². The van der Waals surface area contributed by atoms with Crippen LogP contribution >= 0.6 is 15.9 Å². The lowest BCUT2D eigenvalue weighted by Gasteiger charge is -2.10. The normalized spacial score (nSPS) is 10.9. The zero-order chi connectivity index (χ0) is 14.1. The largest absolute Gasteiger partial charge is 0.380 e. The topological polar surface area (TPSA) is 73.6 Å². The van der Waals surface area contributed by atoms with Gasteiger partial charge in [-0.3, -0.25) is 4.98 Å². The monoisotopic (exact) mass is 332 g/mol. The number of fused-ring (bicyclic) bond motifs is 1. The lowest BCUT2D eigenvalue weighted by Crippen LogP contribution is -2.02. The number of halogens is 1. The molecule has 0 fully saturated rings. The van der Waals surface area contributed by atoms with Crippen LogP contribution in [0.2, 0.25) is 0 Å². The fraction of sp³-hybridized carbons (Fsp3) is 0.143. The predicted molar refractivity (Wildman–Crippen MR) is 82.9 cm³/mol. The van der Waals surface area contributed by atoms with Crippen LogP contribution in [0.25, 0.3) is 11.0 Å². The molecule has 0 spiro atoms. The number of hydrogen-bond donors (Lipinski definition) is 3. The summed E-state index contributed by atoms with van der Waals surface area (Å²) in [6.45, 7) is 2.74. The van der Waals surface area contributed by atoms with Crippen molar-refractivity contribution in [2.24, 2.45) is 0 Å². The number of aromatic nitrogens is 3. The van der Waals surface area contributed by atoms with E-state index in [1.807, 2.05) is 24.4 Å². The number of anilines is 1. The van der Waals surface area contributed by atoms with Gasteiger partial charge in [-0.2, -0.15) is 0 Å². The Hall–Kier alpha value is -2.08. The molecule has 3 aromatic rings. The fourth-order valence-corrected chi connectivity index (χ4v) is 2.55. The van der Waals surface area contributed by atoms with Gasteiger partial charge in [0.1, 0.15) is 0 Å². The molecule has 0 amide bonds. The molecule has 3 N–H and O–H groups in total. The van der Waals surface area contributed by atoms with Crippen molar-refractivity contribution >= 4 is 32.7 Å². The molecule has 0 saturated heterocycles. The average Bonchev–Trinajstić information content (AvgIpc) is 2.76. The second-order valence-electron chi connectivity index (χ2n) is 4.61. The molecule has 0 radical (unpaired) electrons. The van der Waals surface area contributed by atoms with E-state index in [1.165, 1.54) is 5.56 Å². The van der Waals surface area contributed by atoms with Crippen LogP contribution in [-0.2, 0) is 6.54 Å². The Bertz CT molecular complexity index is 821. The lowest BCUT2D eigenvalue weighted by atomic mass is 10.1.